The topological polar surface area (TPSA) is 112 Å². The van der Waals surface area contributed by atoms with Gasteiger partial charge < -0.3 is 29.6 Å². The summed E-state index contributed by atoms with van der Waals surface area (Å²) in [7, 11) is 0. The molecule has 2 N–H and O–H groups in total. The van der Waals surface area contributed by atoms with E-state index in [4.69, 9.17) is 18.9 Å². The summed E-state index contributed by atoms with van der Waals surface area (Å²) in [6, 6.07) is 12.7. The number of carbonyl (C=O) groups excluding carboxylic acids is 3. The molecule has 3 rings (SSSR count). The van der Waals surface area contributed by atoms with Crippen molar-refractivity contribution < 1.29 is 33.3 Å². The van der Waals surface area contributed by atoms with Crippen molar-refractivity contribution in [3.8, 4) is 17.2 Å². The first kappa shape index (κ1) is 27.8. The number of alkyl carbamates (subject to hydrolysis) is 1. The summed E-state index contributed by atoms with van der Waals surface area (Å²) in [5, 5.41) is 5.48. The van der Waals surface area contributed by atoms with Crippen LogP contribution in [0.1, 0.15) is 46.1 Å². The number of hydrogen-bond acceptors (Lipinski definition) is 7. The lowest BCUT2D eigenvalue weighted by atomic mass is 9.98. The predicted octanol–water partition coefficient (Wildman–Crippen LogP) is 4.24. The Balaban J connectivity index is 1.59. The van der Waals surface area contributed by atoms with Crippen molar-refractivity contribution >= 4 is 17.8 Å². The molecule has 200 valence electrons. The Bertz CT molecular complexity index is 1060. The second-order valence-electron chi connectivity index (χ2n) is 9.85. The third-order valence-corrected chi connectivity index (χ3v) is 5.67. The fraction of sp³-hybridized carbons (Fsp3) is 0.464. The summed E-state index contributed by atoms with van der Waals surface area (Å²) in [4.78, 5) is 38.7. The van der Waals surface area contributed by atoms with Crippen LogP contribution in [-0.4, -0.2) is 43.3 Å². The van der Waals surface area contributed by atoms with Crippen LogP contribution in [0.4, 0.5) is 4.79 Å². The molecule has 1 aliphatic rings. The van der Waals surface area contributed by atoms with Gasteiger partial charge in [-0.15, -0.1) is 0 Å². The molecule has 2 aromatic rings. The zero-order valence-electron chi connectivity index (χ0n) is 21.8. The molecule has 37 heavy (non-hydrogen) atoms. The standard InChI is InChI=1S/C28H36N2O7/c1-18(2)12-22(24(31)16-34-21-10-11-25-26(14-21)37-17-36-25)29-27(32)23(13-19(3)4)30-28(33)35-15-20-8-6-5-7-9-20/h5-11,14,18-19,22-23H,12-13,15-17H2,1-4H3,(H,29,32)(H,30,33). The Labute approximate surface area is 217 Å². The second-order valence-corrected chi connectivity index (χ2v) is 9.85. The highest BCUT2D eigenvalue weighted by atomic mass is 16.7. The molecule has 0 saturated heterocycles. The van der Waals surface area contributed by atoms with Gasteiger partial charge in [0.2, 0.25) is 12.7 Å². The lowest BCUT2D eigenvalue weighted by Gasteiger charge is -2.24. The van der Waals surface area contributed by atoms with Gasteiger partial charge in [-0.2, -0.15) is 0 Å². The molecule has 0 fully saturated rings. The SMILES string of the molecule is CC(C)CC(NC(=O)C(CC(C)C)NC(=O)OCc1ccccc1)C(=O)COc1ccc2c(c1)OCO2. The lowest BCUT2D eigenvalue weighted by molar-refractivity contribution is -0.130. The van der Waals surface area contributed by atoms with E-state index in [1.54, 1.807) is 18.2 Å². The van der Waals surface area contributed by atoms with Crippen LogP contribution < -0.4 is 24.8 Å². The maximum atomic E-state index is 13.2. The van der Waals surface area contributed by atoms with Crippen molar-refractivity contribution in [2.24, 2.45) is 11.8 Å². The summed E-state index contributed by atoms with van der Waals surface area (Å²) >= 11 is 0. The first-order chi connectivity index (χ1) is 17.7. The van der Waals surface area contributed by atoms with Crippen molar-refractivity contribution in [2.75, 3.05) is 13.4 Å². The summed E-state index contributed by atoms with van der Waals surface area (Å²) in [5.74, 6) is 1.20. The van der Waals surface area contributed by atoms with Crippen molar-refractivity contribution in [3.63, 3.8) is 0 Å². The third kappa shape index (κ3) is 9.00. The molecule has 2 unspecified atom stereocenters. The highest BCUT2D eigenvalue weighted by Crippen LogP contribution is 2.35. The first-order valence-electron chi connectivity index (χ1n) is 12.5. The number of amides is 2. The minimum absolute atomic E-state index is 0.0916. The van der Waals surface area contributed by atoms with Gasteiger partial charge in [-0.05, 0) is 42.4 Å². The number of carbonyl (C=O) groups is 3. The summed E-state index contributed by atoms with van der Waals surface area (Å²) in [5.41, 5.74) is 0.840. The Morgan fingerprint density at radius 2 is 1.54 bits per heavy atom. The molecule has 9 heteroatoms. The van der Waals surface area contributed by atoms with E-state index < -0.39 is 24.1 Å². The van der Waals surface area contributed by atoms with Gasteiger partial charge in [-0.3, -0.25) is 9.59 Å². The molecule has 2 atom stereocenters. The van der Waals surface area contributed by atoms with E-state index in [0.29, 0.717) is 30.1 Å². The van der Waals surface area contributed by atoms with Crippen LogP contribution >= 0.6 is 0 Å². The Kier molecular flexibility index (Phi) is 10.2. The highest BCUT2D eigenvalue weighted by molar-refractivity contribution is 5.92. The second kappa shape index (κ2) is 13.5. The minimum Gasteiger partial charge on any atom is -0.486 e. The van der Waals surface area contributed by atoms with Crippen LogP contribution in [0.25, 0.3) is 0 Å². The molecule has 1 heterocycles. The van der Waals surface area contributed by atoms with E-state index in [0.717, 1.165) is 5.56 Å². The predicted molar refractivity (Wildman–Crippen MR) is 137 cm³/mol. The van der Waals surface area contributed by atoms with Gasteiger partial charge in [-0.25, -0.2) is 4.79 Å². The van der Waals surface area contributed by atoms with Crippen LogP contribution in [-0.2, 0) is 20.9 Å². The van der Waals surface area contributed by atoms with E-state index >= 15 is 0 Å². The number of fused-ring (bicyclic) bond motifs is 1. The number of Topliss-reactive ketones (excluding diaryl/α,β-unsaturated/α-hetero) is 1. The summed E-state index contributed by atoms with van der Waals surface area (Å²) in [6.07, 6.45) is 0.132. The molecule has 0 saturated carbocycles. The van der Waals surface area contributed by atoms with E-state index in [1.165, 1.54) is 0 Å². The smallest absolute Gasteiger partial charge is 0.408 e. The maximum Gasteiger partial charge on any atom is 0.408 e. The van der Waals surface area contributed by atoms with Crippen molar-refractivity contribution in [1.82, 2.24) is 10.6 Å². The number of ketones is 1. The van der Waals surface area contributed by atoms with Gasteiger partial charge in [0.25, 0.3) is 0 Å². The third-order valence-electron chi connectivity index (χ3n) is 5.67. The van der Waals surface area contributed by atoms with Crippen molar-refractivity contribution in [1.29, 1.82) is 0 Å². The van der Waals surface area contributed by atoms with Gasteiger partial charge >= 0.3 is 6.09 Å². The molecule has 9 nitrogen and oxygen atoms in total. The Morgan fingerprint density at radius 3 is 2.24 bits per heavy atom. The normalized spacial score (nSPS) is 13.7. The molecule has 2 aromatic carbocycles. The number of rotatable bonds is 13. The molecule has 1 aliphatic heterocycles. The first-order valence-corrected chi connectivity index (χ1v) is 12.5. The Hall–Kier alpha value is -3.75. The number of nitrogens with one attached hydrogen (secondary N) is 2. The van der Waals surface area contributed by atoms with E-state index in [1.807, 2.05) is 58.0 Å². The van der Waals surface area contributed by atoms with Crippen LogP contribution in [0.3, 0.4) is 0 Å². The zero-order chi connectivity index (χ0) is 26.8. The Morgan fingerprint density at radius 1 is 0.865 bits per heavy atom. The number of benzene rings is 2. The van der Waals surface area contributed by atoms with Gasteiger partial charge in [0.15, 0.2) is 17.3 Å². The van der Waals surface area contributed by atoms with Gasteiger partial charge in [-0.1, -0.05) is 58.0 Å². The maximum absolute atomic E-state index is 13.2. The molecule has 0 aliphatic carbocycles. The lowest BCUT2D eigenvalue weighted by Crippen LogP contribution is -2.53. The highest BCUT2D eigenvalue weighted by Gasteiger charge is 2.28. The minimum atomic E-state index is -0.847. The average Bonchev–Trinajstić information content (AvgIpc) is 3.33. The summed E-state index contributed by atoms with van der Waals surface area (Å²) in [6.45, 7) is 7.85. The number of ether oxygens (including phenoxy) is 4. The molecule has 0 spiro atoms. The monoisotopic (exact) mass is 512 g/mol. The number of hydrogen-bond donors (Lipinski definition) is 2. The molecule has 0 aromatic heterocycles. The van der Waals surface area contributed by atoms with E-state index in [-0.39, 0.29) is 37.6 Å². The van der Waals surface area contributed by atoms with Gasteiger partial charge in [0, 0.05) is 6.07 Å². The zero-order valence-corrected chi connectivity index (χ0v) is 21.8. The average molecular weight is 513 g/mol. The molecular formula is C28H36N2O7. The van der Waals surface area contributed by atoms with Gasteiger partial charge in [0.05, 0.1) is 6.04 Å². The molecule has 0 bridgehead atoms. The van der Waals surface area contributed by atoms with E-state index in [9.17, 15) is 14.4 Å². The van der Waals surface area contributed by atoms with E-state index in [2.05, 4.69) is 10.6 Å². The van der Waals surface area contributed by atoms with Crippen molar-refractivity contribution in [3.05, 3.63) is 54.1 Å². The van der Waals surface area contributed by atoms with Crippen LogP contribution in [0.2, 0.25) is 0 Å². The molecular weight excluding hydrogens is 476 g/mol. The van der Waals surface area contributed by atoms with Crippen LogP contribution in [0.5, 0.6) is 17.2 Å². The summed E-state index contributed by atoms with van der Waals surface area (Å²) < 4.78 is 21.6. The quantitative estimate of drug-likeness (QED) is 0.413. The van der Waals surface area contributed by atoms with Crippen LogP contribution in [0, 0.1) is 11.8 Å². The van der Waals surface area contributed by atoms with Crippen molar-refractivity contribution in [2.45, 2.75) is 59.2 Å². The largest absolute Gasteiger partial charge is 0.486 e. The molecule has 0 radical (unpaired) electrons. The fourth-order valence-corrected chi connectivity index (χ4v) is 3.85. The fourth-order valence-electron chi connectivity index (χ4n) is 3.85. The molecule has 2 amide bonds. The van der Waals surface area contributed by atoms with Crippen LogP contribution in [0.15, 0.2) is 48.5 Å². The van der Waals surface area contributed by atoms with Gasteiger partial charge in [0.1, 0.15) is 25.0 Å².